The quantitative estimate of drug-likeness (QED) is 0.453. The molecule has 0 spiro atoms. The molecule has 0 atom stereocenters. The SMILES string of the molecule is Cc1cccc(/C=C2/CN(Cc3ccccc3)Cc3c2nc2ccccc2c3C(=O)O)c1. The molecule has 0 radical (unpaired) electrons. The molecule has 0 saturated carbocycles. The Morgan fingerprint density at radius 2 is 1.78 bits per heavy atom. The molecular formula is C28H24N2O2. The van der Waals surface area contributed by atoms with E-state index in [1.807, 2.05) is 48.5 Å². The van der Waals surface area contributed by atoms with Gasteiger partial charge in [-0.05, 0) is 35.8 Å². The van der Waals surface area contributed by atoms with Crippen LogP contribution in [0.15, 0.2) is 78.9 Å². The smallest absolute Gasteiger partial charge is 0.336 e. The highest BCUT2D eigenvalue weighted by Gasteiger charge is 2.28. The Morgan fingerprint density at radius 3 is 2.56 bits per heavy atom. The van der Waals surface area contributed by atoms with Crippen LogP contribution in [-0.4, -0.2) is 27.5 Å². The van der Waals surface area contributed by atoms with Crippen molar-refractivity contribution in [2.24, 2.45) is 0 Å². The second kappa shape index (κ2) is 8.40. The average molecular weight is 421 g/mol. The van der Waals surface area contributed by atoms with Gasteiger partial charge in [-0.25, -0.2) is 9.78 Å². The molecule has 0 saturated heterocycles. The highest BCUT2D eigenvalue weighted by molar-refractivity contribution is 6.06. The summed E-state index contributed by atoms with van der Waals surface area (Å²) in [6, 6.07) is 26.2. The van der Waals surface area contributed by atoms with Crippen LogP contribution in [0.2, 0.25) is 0 Å². The zero-order valence-electron chi connectivity index (χ0n) is 18.0. The molecule has 1 aliphatic rings. The first kappa shape index (κ1) is 20.2. The third-order valence-electron chi connectivity index (χ3n) is 5.92. The number of aromatic carboxylic acids is 1. The lowest BCUT2D eigenvalue weighted by molar-refractivity contribution is 0.0696. The topological polar surface area (TPSA) is 53.4 Å². The van der Waals surface area contributed by atoms with Crippen molar-refractivity contribution in [2.75, 3.05) is 6.54 Å². The van der Waals surface area contributed by atoms with E-state index in [1.54, 1.807) is 0 Å². The molecule has 2 heterocycles. The molecule has 0 unspecified atom stereocenters. The van der Waals surface area contributed by atoms with Crippen LogP contribution in [0.25, 0.3) is 22.6 Å². The van der Waals surface area contributed by atoms with Crippen molar-refractivity contribution in [3.05, 3.63) is 112 Å². The van der Waals surface area contributed by atoms with Gasteiger partial charge in [0, 0.05) is 30.6 Å². The van der Waals surface area contributed by atoms with E-state index < -0.39 is 5.97 Å². The van der Waals surface area contributed by atoms with Crippen LogP contribution >= 0.6 is 0 Å². The number of aromatic nitrogens is 1. The van der Waals surface area contributed by atoms with E-state index in [1.165, 1.54) is 11.1 Å². The number of carboxylic acid groups (broad SMARTS) is 1. The van der Waals surface area contributed by atoms with E-state index in [0.717, 1.165) is 34.5 Å². The van der Waals surface area contributed by atoms with Crippen molar-refractivity contribution >= 4 is 28.5 Å². The Bertz CT molecular complexity index is 1340. The average Bonchev–Trinajstić information content (AvgIpc) is 2.78. The minimum Gasteiger partial charge on any atom is -0.478 e. The van der Waals surface area contributed by atoms with Crippen LogP contribution in [-0.2, 0) is 13.1 Å². The zero-order chi connectivity index (χ0) is 22.1. The van der Waals surface area contributed by atoms with Crippen molar-refractivity contribution in [1.29, 1.82) is 0 Å². The van der Waals surface area contributed by atoms with Gasteiger partial charge >= 0.3 is 5.97 Å². The number of hydrogen-bond donors (Lipinski definition) is 1. The monoisotopic (exact) mass is 420 g/mol. The molecule has 0 bridgehead atoms. The normalized spacial score (nSPS) is 15.1. The summed E-state index contributed by atoms with van der Waals surface area (Å²) < 4.78 is 0. The fourth-order valence-electron chi connectivity index (χ4n) is 4.54. The van der Waals surface area contributed by atoms with Gasteiger partial charge in [-0.1, -0.05) is 78.4 Å². The summed E-state index contributed by atoms with van der Waals surface area (Å²) in [6.07, 6.45) is 2.15. The maximum absolute atomic E-state index is 12.4. The lowest BCUT2D eigenvalue weighted by Crippen LogP contribution is -2.31. The molecular weight excluding hydrogens is 396 g/mol. The van der Waals surface area contributed by atoms with Gasteiger partial charge in [0.2, 0.25) is 0 Å². The van der Waals surface area contributed by atoms with Crippen LogP contribution in [0.3, 0.4) is 0 Å². The largest absolute Gasteiger partial charge is 0.478 e. The number of nitrogens with zero attached hydrogens (tertiary/aromatic N) is 2. The van der Waals surface area contributed by atoms with Crippen LogP contribution in [0, 0.1) is 6.92 Å². The lowest BCUT2D eigenvalue weighted by atomic mass is 9.91. The number of fused-ring (bicyclic) bond motifs is 2. The first-order valence-electron chi connectivity index (χ1n) is 10.8. The number of pyridine rings is 1. The summed E-state index contributed by atoms with van der Waals surface area (Å²) >= 11 is 0. The molecule has 1 N–H and O–H groups in total. The van der Waals surface area contributed by atoms with Gasteiger partial charge in [0.05, 0.1) is 16.8 Å². The molecule has 0 amide bonds. The van der Waals surface area contributed by atoms with E-state index in [2.05, 4.69) is 48.2 Å². The molecule has 0 aliphatic carbocycles. The van der Waals surface area contributed by atoms with E-state index in [4.69, 9.17) is 4.98 Å². The lowest BCUT2D eigenvalue weighted by Gasteiger charge is -2.31. The summed E-state index contributed by atoms with van der Waals surface area (Å²) in [4.78, 5) is 19.6. The second-order valence-corrected chi connectivity index (χ2v) is 8.35. The number of hydrogen-bond acceptors (Lipinski definition) is 3. The Hall–Kier alpha value is -3.76. The Balaban J connectivity index is 1.69. The van der Waals surface area contributed by atoms with E-state index in [0.29, 0.717) is 24.0 Å². The first-order valence-corrected chi connectivity index (χ1v) is 10.8. The Kier molecular flexibility index (Phi) is 5.29. The maximum atomic E-state index is 12.4. The predicted molar refractivity (Wildman–Crippen MR) is 128 cm³/mol. The molecule has 4 heteroatoms. The van der Waals surface area contributed by atoms with Crippen molar-refractivity contribution in [2.45, 2.75) is 20.0 Å². The van der Waals surface area contributed by atoms with Gasteiger partial charge in [-0.2, -0.15) is 0 Å². The summed E-state index contributed by atoms with van der Waals surface area (Å²) in [7, 11) is 0. The number of carbonyl (C=O) groups is 1. The summed E-state index contributed by atoms with van der Waals surface area (Å²) in [5.74, 6) is -0.906. The highest BCUT2D eigenvalue weighted by atomic mass is 16.4. The van der Waals surface area contributed by atoms with Crippen LogP contribution in [0.5, 0.6) is 0 Å². The molecule has 5 rings (SSSR count). The second-order valence-electron chi connectivity index (χ2n) is 8.35. The number of carboxylic acids is 1. The van der Waals surface area contributed by atoms with Crippen LogP contribution in [0.1, 0.15) is 38.3 Å². The summed E-state index contributed by atoms with van der Waals surface area (Å²) in [6.45, 7) is 4.08. The fraction of sp³-hybridized carbons (Fsp3) is 0.143. The van der Waals surface area contributed by atoms with Crippen LogP contribution in [0.4, 0.5) is 0 Å². The summed E-state index contributed by atoms with van der Waals surface area (Å²) in [5, 5.41) is 10.9. The molecule has 158 valence electrons. The van der Waals surface area contributed by atoms with Gasteiger partial charge < -0.3 is 5.11 Å². The minimum atomic E-state index is -0.906. The molecule has 32 heavy (non-hydrogen) atoms. The van der Waals surface area contributed by atoms with E-state index in [9.17, 15) is 9.90 Å². The Labute approximate surface area is 187 Å². The van der Waals surface area contributed by atoms with Crippen molar-refractivity contribution < 1.29 is 9.90 Å². The molecule has 1 aliphatic heterocycles. The number of para-hydroxylation sites is 1. The predicted octanol–water partition coefficient (Wildman–Crippen LogP) is 5.80. The van der Waals surface area contributed by atoms with E-state index in [-0.39, 0.29) is 0 Å². The molecule has 4 aromatic rings. The first-order chi connectivity index (χ1) is 15.6. The Morgan fingerprint density at radius 1 is 1.00 bits per heavy atom. The van der Waals surface area contributed by atoms with Crippen molar-refractivity contribution in [3.8, 4) is 0 Å². The highest BCUT2D eigenvalue weighted by Crippen LogP contribution is 2.34. The third kappa shape index (κ3) is 3.93. The van der Waals surface area contributed by atoms with Crippen molar-refractivity contribution in [3.63, 3.8) is 0 Å². The molecule has 4 nitrogen and oxygen atoms in total. The molecule has 3 aromatic carbocycles. The van der Waals surface area contributed by atoms with Gasteiger partial charge in [0.25, 0.3) is 0 Å². The van der Waals surface area contributed by atoms with Gasteiger partial charge in [0.1, 0.15) is 0 Å². The van der Waals surface area contributed by atoms with Gasteiger partial charge in [-0.3, -0.25) is 4.90 Å². The zero-order valence-corrected chi connectivity index (χ0v) is 18.0. The molecule has 1 aromatic heterocycles. The standard InChI is InChI=1S/C28H24N2O2/c1-19-8-7-11-21(14-19)15-22-17-30(16-20-9-3-2-4-10-20)18-24-26(28(31)32)23-12-5-6-13-25(23)29-27(22)24/h2-15H,16-18H2,1H3,(H,31,32)/b22-15-. The minimum absolute atomic E-state index is 0.360. The number of aryl methyl sites for hydroxylation is 1. The number of rotatable bonds is 4. The summed E-state index contributed by atoms with van der Waals surface area (Å²) in [5.41, 5.74) is 7.20. The van der Waals surface area contributed by atoms with Gasteiger partial charge in [0.15, 0.2) is 0 Å². The van der Waals surface area contributed by atoms with Crippen molar-refractivity contribution in [1.82, 2.24) is 9.88 Å². The number of benzene rings is 3. The maximum Gasteiger partial charge on any atom is 0.336 e. The third-order valence-corrected chi connectivity index (χ3v) is 5.92. The molecule has 0 fully saturated rings. The van der Waals surface area contributed by atoms with E-state index >= 15 is 0 Å². The van der Waals surface area contributed by atoms with Gasteiger partial charge in [-0.15, -0.1) is 0 Å². The van der Waals surface area contributed by atoms with Crippen LogP contribution < -0.4 is 0 Å². The fourth-order valence-corrected chi connectivity index (χ4v) is 4.54.